The zero-order valence-electron chi connectivity index (χ0n) is 11.8. The van der Waals surface area contributed by atoms with Gasteiger partial charge in [0.05, 0.1) is 11.6 Å². The van der Waals surface area contributed by atoms with Crippen LogP contribution in [0.2, 0.25) is 5.02 Å². The first-order valence-electron chi connectivity index (χ1n) is 6.68. The van der Waals surface area contributed by atoms with Gasteiger partial charge in [-0.15, -0.1) is 0 Å². The fourth-order valence-electron chi connectivity index (χ4n) is 2.00. The maximum absolute atomic E-state index is 6.37. The van der Waals surface area contributed by atoms with Crippen LogP contribution in [-0.4, -0.2) is 12.6 Å². The fraction of sp³-hybridized carbons (Fsp3) is 0.600. The summed E-state index contributed by atoms with van der Waals surface area (Å²) in [4.78, 5) is 0. The van der Waals surface area contributed by atoms with E-state index >= 15 is 0 Å². The minimum Gasteiger partial charge on any atom is -0.492 e. The van der Waals surface area contributed by atoms with Gasteiger partial charge in [-0.2, -0.15) is 0 Å². The van der Waals surface area contributed by atoms with Crippen LogP contribution in [0.3, 0.4) is 0 Å². The Morgan fingerprint density at radius 3 is 2.56 bits per heavy atom. The third-order valence-electron chi connectivity index (χ3n) is 3.27. The van der Waals surface area contributed by atoms with Crippen molar-refractivity contribution < 1.29 is 4.74 Å². The van der Waals surface area contributed by atoms with E-state index in [1.165, 1.54) is 11.1 Å². The highest BCUT2D eigenvalue weighted by molar-refractivity contribution is 6.33. The molecule has 0 aliphatic rings. The summed E-state index contributed by atoms with van der Waals surface area (Å²) in [5, 5.41) is 0.729. The van der Waals surface area contributed by atoms with Crippen molar-refractivity contribution in [3.05, 3.63) is 27.8 Å². The molecule has 0 aliphatic carbocycles. The molecule has 1 unspecified atom stereocenters. The average molecular weight is 270 g/mol. The molecule has 0 spiro atoms. The van der Waals surface area contributed by atoms with E-state index in [4.69, 9.17) is 22.1 Å². The molecular formula is C15H24ClNO. The van der Waals surface area contributed by atoms with Gasteiger partial charge in [-0.05, 0) is 55.9 Å². The Hall–Kier alpha value is -0.730. The third kappa shape index (κ3) is 3.63. The molecule has 0 heterocycles. The molecule has 0 aromatic heterocycles. The quantitative estimate of drug-likeness (QED) is 0.846. The van der Waals surface area contributed by atoms with E-state index in [-0.39, 0.29) is 6.04 Å². The van der Waals surface area contributed by atoms with Crippen LogP contribution in [0.5, 0.6) is 5.75 Å². The van der Waals surface area contributed by atoms with Crippen LogP contribution in [0.1, 0.15) is 43.4 Å². The standard InChI is InChI=1S/C15H24ClNO/c1-5-7-18-14-8-10(3)13(9-12(17)6-2)11(4)15(14)16/h8,12H,5-7,9,17H2,1-4H3. The molecule has 0 amide bonds. The minimum absolute atomic E-state index is 0.195. The molecule has 1 rings (SSSR count). The van der Waals surface area contributed by atoms with Crippen molar-refractivity contribution in [1.82, 2.24) is 0 Å². The molecule has 0 saturated heterocycles. The van der Waals surface area contributed by atoms with Crippen LogP contribution in [0.4, 0.5) is 0 Å². The molecule has 3 heteroatoms. The van der Waals surface area contributed by atoms with Gasteiger partial charge in [-0.3, -0.25) is 0 Å². The topological polar surface area (TPSA) is 35.2 Å². The van der Waals surface area contributed by atoms with Crippen LogP contribution < -0.4 is 10.5 Å². The Bertz CT molecular complexity index is 404. The number of rotatable bonds is 6. The summed E-state index contributed by atoms with van der Waals surface area (Å²) in [6.07, 6.45) is 2.84. The van der Waals surface area contributed by atoms with Crippen molar-refractivity contribution in [2.45, 2.75) is 53.0 Å². The zero-order chi connectivity index (χ0) is 13.7. The van der Waals surface area contributed by atoms with Crippen LogP contribution in [0.25, 0.3) is 0 Å². The largest absolute Gasteiger partial charge is 0.492 e. The number of hydrogen-bond acceptors (Lipinski definition) is 2. The van der Waals surface area contributed by atoms with E-state index in [0.29, 0.717) is 6.61 Å². The third-order valence-corrected chi connectivity index (χ3v) is 3.74. The average Bonchev–Trinajstić information content (AvgIpc) is 2.36. The summed E-state index contributed by atoms with van der Waals surface area (Å²) < 4.78 is 5.67. The molecule has 1 atom stereocenters. The molecule has 18 heavy (non-hydrogen) atoms. The van der Waals surface area contributed by atoms with Crippen molar-refractivity contribution in [3.63, 3.8) is 0 Å². The maximum Gasteiger partial charge on any atom is 0.138 e. The smallest absolute Gasteiger partial charge is 0.138 e. The number of ether oxygens (including phenoxy) is 1. The SMILES string of the molecule is CCCOc1cc(C)c(CC(N)CC)c(C)c1Cl. The predicted molar refractivity (Wildman–Crippen MR) is 78.7 cm³/mol. The summed E-state index contributed by atoms with van der Waals surface area (Å²) >= 11 is 6.37. The highest BCUT2D eigenvalue weighted by Crippen LogP contribution is 2.33. The molecule has 0 aliphatic heterocycles. The van der Waals surface area contributed by atoms with Gasteiger partial charge < -0.3 is 10.5 Å². The number of aryl methyl sites for hydroxylation is 1. The first-order valence-corrected chi connectivity index (χ1v) is 7.05. The van der Waals surface area contributed by atoms with Gasteiger partial charge in [0.25, 0.3) is 0 Å². The summed E-state index contributed by atoms with van der Waals surface area (Å²) in [6, 6.07) is 2.23. The molecular weight excluding hydrogens is 246 g/mol. The first kappa shape index (κ1) is 15.3. The Morgan fingerprint density at radius 2 is 2.00 bits per heavy atom. The Kier molecular flexibility index (Phi) is 5.97. The van der Waals surface area contributed by atoms with Crippen molar-refractivity contribution >= 4 is 11.6 Å². The molecule has 1 aromatic rings. The summed E-state index contributed by atoms with van der Waals surface area (Å²) in [7, 11) is 0. The molecule has 0 radical (unpaired) electrons. The second-order valence-electron chi connectivity index (χ2n) is 4.83. The number of nitrogens with two attached hydrogens (primary N) is 1. The van der Waals surface area contributed by atoms with E-state index in [2.05, 4.69) is 20.8 Å². The lowest BCUT2D eigenvalue weighted by Crippen LogP contribution is -2.22. The van der Waals surface area contributed by atoms with Crippen LogP contribution in [0.15, 0.2) is 6.07 Å². The Morgan fingerprint density at radius 1 is 1.33 bits per heavy atom. The number of halogens is 1. The number of hydrogen-bond donors (Lipinski definition) is 1. The van der Waals surface area contributed by atoms with E-state index in [0.717, 1.165) is 35.6 Å². The van der Waals surface area contributed by atoms with Gasteiger partial charge in [-0.1, -0.05) is 25.4 Å². The van der Waals surface area contributed by atoms with E-state index in [1.54, 1.807) is 0 Å². The second kappa shape index (κ2) is 7.01. The lowest BCUT2D eigenvalue weighted by Gasteiger charge is -2.18. The normalized spacial score (nSPS) is 12.6. The molecule has 102 valence electrons. The Labute approximate surface area is 115 Å². The zero-order valence-corrected chi connectivity index (χ0v) is 12.6. The first-order chi connectivity index (χ1) is 8.51. The van der Waals surface area contributed by atoms with E-state index in [1.807, 2.05) is 13.0 Å². The summed E-state index contributed by atoms with van der Waals surface area (Å²) in [5.41, 5.74) is 9.62. The highest BCUT2D eigenvalue weighted by atomic mass is 35.5. The van der Waals surface area contributed by atoms with Gasteiger partial charge >= 0.3 is 0 Å². The lowest BCUT2D eigenvalue weighted by molar-refractivity contribution is 0.317. The highest BCUT2D eigenvalue weighted by Gasteiger charge is 2.14. The molecule has 0 fully saturated rings. The van der Waals surface area contributed by atoms with Crippen molar-refractivity contribution in [3.8, 4) is 5.75 Å². The molecule has 0 bridgehead atoms. The van der Waals surface area contributed by atoms with Crippen molar-refractivity contribution in [2.75, 3.05) is 6.61 Å². The van der Waals surface area contributed by atoms with Gasteiger partial charge in [0.1, 0.15) is 5.75 Å². The Balaban J connectivity index is 3.04. The maximum atomic E-state index is 6.37. The van der Waals surface area contributed by atoms with Crippen molar-refractivity contribution in [1.29, 1.82) is 0 Å². The molecule has 2 nitrogen and oxygen atoms in total. The van der Waals surface area contributed by atoms with Gasteiger partial charge in [0.2, 0.25) is 0 Å². The number of benzene rings is 1. The summed E-state index contributed by atoms with van der Waals surface area (Å²) in [5.74, 6) is 0.794. The van der Waals surface area contributed by atoms with Gasteiger partial charge in [0, 0.05) is 6.04 Å². The van der Waals surface area contributed by atoms with E-state index in [9.17, 15) is 0 Å². The van der Waals surface area contributed by atoms with Gasteiger partial charge in [0.15, 0.2) is 0 Å². The second-order valence-corrected chi connectivity index (χ2v) is 5.21. The van der Waals surface area contributed by atoms with Crippen molar-refractivity contribution in [2.24, 2.45) is 5.73 Å². The monoisotopic (exact) mass is 269 g/mol. The molecule has 2 N–H and O–H groups in total. The molecule has 0 saturated carbocycles. The van der Waals surface area contributed by atoms with Crippen LogP contribution >= 0.6 is 11.6 Å². The predicted octanol–water partition coefficient (Wildman–Crippen LogP) is 4.03. The lowest BCUT2D eigenvalue weighted by atomic mass is 9.95. The molecule has 1 aromatic carbocycles. The van der Waals surface area contributed by atoms with Gasteiger partial charge in [-0.25, -0.2) is 0 Å². The minimum atomic E-state index is 0.195. The fourth-order valence-corrected chi connectivity index (χ4v) is 2.22. The summed E-state index contributed by atoms with van der Waals surface area (Å²) in [6.45, 7) is 9.04. The van der Waals surface area contributed by atoms with E-state index < -0.39 is 0 Å². The van der Waals surface area contributed by atoms with Crippen LogP contribution in [0, 0.1) is 13.8 Å². The van der Waals surface area contributed by atoms with Crippen LogP contribution in [-0.2, 0) is 6.42 Å².